The van der Waals surface area contributed by atoms with Gasteiger partial charge in [0.05, 0.1) is 30.6 Å². The Kier molecular flexibility index (Phi) is 6.48. The van der Waals surface area contributed by atoms with E-state index in [-0.39, 0.29) is 23.5 Å². The molecule has 3 aromatic rings. The van der Waals surface area contributed by atoms with Crippen LogP contribution >= 0.6 is 0 Å². The lowest BCUT2D eigenvalue weighted by molar-refractivity contribution is -0.142. The van der Waals surface area contributed by atoms with E-state index in [0.29, 0.717) is 23.6 Å². The van der Waals surface area contributed by atoms with E-state index in [1.54, 1.807) is 48.4 Å². The molecule has 0 aliphatic heterocycles. The van der Waals surface area contributed by atoms with E-state index in [9.17, 15) is 14.0 Å². The van der Waals surface area contributed by atoms with Crippen LogP contribution in [0.15, 0.2) is 43.0 Å². The zero-order chi connectivity index (χ0) is 23.4. The number of nitriles is 1. The van der Waals surface area contributed by atoms with Crippen molar-refractivity contribution in [3.8, 4) is 22.9 Å². The Hall–Kier alpha value is -3.62. The molecule has 0 spiro atoms. The van der Waals surface area contributed by atoms with E-state index < -0.39 is 12.7 Å². The highest BCUT2D eigenvalue weighted by molar-refractivity contribution is 5.66. The van der Waals surface area contributed by atoms with Crippen molar-refractivity contribution < 1.29 is 18.3 Å². The summed E-state index contributed by atoms with van der Waals surface area (Å²) >= 11 is 0. The van der Waals surface area contributed by atoms with E-state index in [4.69, 9.17) is 10.5 Å². The minimum absolute atomic E-state index is 0.140. The Balaban J connectivity index is 1.43. The SMILES string of the molecule is CC(COC(F)F)Oc1cc(-c2cnc(Nc3cnn(CC4(N)CC4)c3)nc2)ccc1C#N. The van der Waals surface area contributed by atoms with Crippen LogP contribution in [0, 0.1) is 11.3 Å². The molecular weight excluding hydrogens is 432 g/mol. The molecule has 0 bridgehead atoms. The number of benzene rings is 1. The summed E-state index contributed by atoms with van der Waals surface area (Å²) in [7, 11) is 0. The first-order valence-electron chi connectivity index (χ1n) is 10.3. The summed E-state index contributed by atoms with van der Waals surface area (Å²) in [6.45, 7) is -0.935. The molecular formula is C22H23F2N7O2. The van der Waals surface area contributed by atoms with Gasteiger partial charge in [-0.3, -0.25) is 4.68 Å². The maximum absolute atomic E-state index is 12.2. The molecule has 3 N–H and O–H groups in total. The number of hydrogen-bond acceptors (Lipinski definition) is 8. The maximum atomic E-state index is 12.2. The molecule has 2 aromatic heterocycles. The molecule has 9 nitrogen and oxygen atoms in total. The number of aromatic nitrogens is 4. The number of nitrogens with one attached hydrogen (secondary N) is 1. The second kappa shape index (κ2) is 9.48. The van der Waals surface area contributed by atoms with Gasteiger partial charge in [0.2, 0.25) is 5.95 Å². The summed E-state index contributed by atoms with van der Waals surface area (Å²) in [6.07, 6.45) is 8.15. The lowest BCUT2D eigenvalue weighted by Crippen LogP contribution is -2.28. The van der Waals surface area contributed by atoms with Gasteiger partial charge in [0.25, 0.3) is 0 Å². The van der Waals surface area contributed by atoms with Gasteiger partial charge in [-0.1, -0.05) is 6.07 Å². The quantitative estimate of drug-likeness (QED) is 0.476. The Morgan fingerprint density at radius 2 is 2.00 bits per heavy atom. The van der Waals surface area contributed by atoms with Crippen molar-refractivity contribution in [1.29, 1.82) is 5.26 Å². The van der Waals surface area contributed by atoms with Crippen LogP contribution in [-0.4, -0.2) is 44.6 Å². The molecule has 1 aliphatic rings. The minimum atomic E-state index is -2.88. The zero-order valence-electron chi connectivity index (χ0n) is 17.9. The van der Waals surface area contributed by atoms with Gasteiger partial charge in [-0.2, -0.15) is 19.1 Å². The van der Waals surface area contributed by atoms with Crippen molar-refractivity contribution in [2.45, 2.75) is 44.6 Å². The molecule has 4 rings (SSSR count). The summed E-state index contributed by atoms with van der Waals surface area (Å²) in [5.74, 6) is 0.665. The van der Waals surface area contributed by atoms with Crippen LogP contribution in [0.1, 0.15) is 25.3 Å². The lowest BCUT2D eigenvalue weighted by Gasteiger charge is -2.16. The second-order valence-electron chi connectivity index (χ2n) is 8.05. The summed E-state index contributed by atoms with van der Waals surface area (Å²) in [4.78, 5) is 8.67. The van der Waals surface area contributed by atoms with Crippen LogP contribution in [0.25, 0.3) is 11.1 Å². The fourth-order valence-electron chi connectivity index (χ4n) is 3.18. The van der Waals surface area contributed by atoms with Gasteiger partial charge in [-0.05, 0) is 37.5 Å². The van der Waals surface area contributed by atoms with Crippen molar-refractivity contribution in [3.05, 3.63) is 48.5 Å². The van der Waals surface area contributed by atoms with Crippen LogP contribution in [-0.2, 0) is 11.3 Å². The molecule has 0 amide bonds. The third-order valence-electron chi connectivity index (χ3n) is 5.13. The second-order valence-corrected chi connectivity index (χ2v) is 8.05. The monoisotopic (exact) mass is 455 g/mol. The summed E-state index contributed by atoms with van der Waals surface area (Å²) in [5.41, 5.74) is 8.42. The predicted molar refractivity (Wildman–Crippen MR) is 116 cm³/mol. The molecule has 172 valence electrons. The molecule has 1 aromatic carbocycles. The van der Waals surface area contributed by atoms with E-state index >= 15 is 0 Å². The van der Waals surface area contributed by atoms with Crippen molar-refractivity contribution in [2.75, 3.05) is 11.9 Å². The number of nitrogens with zero attached hydrogens (tertiary/aromatic N) is 5. The highest BCUT2D eigenvalue weighted by Gasteiger charge is 2.38. The molecule has 11 heteroatoms. The van der Waals surface area contributed by atoms with E-state index in [0.717, 1.165) is 18.5 Å². The van der Waals surface area contributed by atoms with Crippen LogP contribution in [0.2, 0.25) is 0 Å². The van der Waals surface area contributed by atoms with Gasteiger partial charge < -0.3 is 20.5 Å². The maximum Gasteiger partial charge on any atom is 0.345 e. The van der Waals surface area contributed by atoms with Gasteiger partial charge in [0.1, 0.15) is 17.9 Å². The molecule has 1 aliphatic carbocycles. The fourth-order valence-corrected chi connectivity index (χ4v) is 3.18. The van der Waals surface area contributed by atoms with Crippen molar-refractivity contribution >= 4 is 11.6 Å². The third-order valence-corrected chi connectivity index (χ3v) is 5.13. The van der Waals surface area contributed by atoms with Gasteiger partial charge in [-0.15, -0.1) is 0 Å². The fraction of sp³-hybridized carbons (Fsp3) is 0.364. The highest BCUT2D eigenvalue weighted by atomic mass is 19.3. The molecule has 1 fully saturated rings. The van der Waals surface area contributed by atoms with E-state index in [2.05, 4.69) is 25.1 Å². The smallest absolute Gasteiger partial charge is 0.345 e. The summed E-state index contributed by atoms with van der Waals surface area (Å²) in [5, 5.41) is 16.7. The largest absolute Gasteiger partial charge is 0.487 e. The zero-order valence-corrected chi connectivity index (χ0v) is 17.9. The average Bonchev–Trinajstić information content (AvgIpc) is 3.36. The van der Waals surface area contributed by atoms with E-state index in [1.165, 1.54) is 0 Å². The first kappa shape index (κ1) is 22.6. The number of ether oxygens (including phenoxy) is 2. The number of nitrogens with two attached hydrogens (primary N) is 1. The van der Waals surface area contributed by atoms with Crippen LogP contribution < -0.4 is 15.8 Å². The van der Waals surface area contributed by atoms with Crippen molar-refractivity contribution in [1.82, 2.24) is 19.7 Å². The Morgan fingerprint density at radius 1 is 1.24 bits per heavy atom. The van der Waals surface area contributed by atoms with Crippen LogP contribution in [0.4, 0.5) is 20.4 Å². The third kappa shape index (κ3) is 6.00. The minimum Gasteiger partial charge on any atom is -0.487 e. The molecule has 0 saturated heterocycles. The number of hydrogen-bond donors (Lipinski definition) is 2. The van der Waals surface area contributed by atoms with E-state index in [1.807, 2.05) is 12.3 Å². The average molecular weight is 455 g/mol. The first-order valence-corrected chi connectivity index (χ1v) is 10.3. The number of halogens is 2. The first-order chi connectivity index (χ1) is 15.8. The Labute approximate surface area is 189 Å². The number of rotatable bonds is 10. The molecule has 1 atom stereocenters. The molecule has 0 radical (unpaired) electrons. The van der Waals surface area contributed by atoms with Crippen LogP contribution in [0.3, 0.4) is 0 Å². The van der Waals surface area contributed by atoms with Crippen molar-refractivity contribution in [3.63, 3.8) is 0 Å². The molecule has 1 unspecified atom stereocenters. The normalized spacial score (nSPS) is 15.2. The molecule has 33 heavy (non-hydrogen) atoms. The molecule has 2 heterocycles. The van der Waals surface area contributed by atoms with Crippen molar-refractivity contribution in [2.24, 2.45) is 5.73 Å². The predicted octanol–water partition coefficient (Wildman–Crippen LogP) is 3.45. The highest BCUT2D eigenvalue weighted by Crippen LogP contribution is 2.34. The summed E-state index contributed by atoms with van der Waals surface area (Å²) < 4.78 is 36.2. The van der Waals surface area contributed by atoms with Gasteiger partial charge in [0, 0.05) is 29.7 Å². The topological polar surface area (TPSA) is 124 Å². The van der Waals surface area contributed by atoms with Gasteiger partial charge in [0.15, 0.2) is 0 Å². The summed E-state index contributed by atoms with van der Waals surface area (Å²) in [6, 6.07) is 7.01. The van der Waals surface area contributed by atoms with Gasteiger partial charge >= 0.3 is 6.61 Å². The standard InChI is InChI=1S/C22H23F2N7O2/c1-14(12-32-20(23)24)33-19-6-15(2-3-16(19)7-25)17-8-27-21(28-9-17)30-18-10-29-31(11-18)13-22(26)4-5-22/h2-3,6,8-11,14,20H,4-5,12-13,26H2,1H3,(H,27,28,30). The molecule has 1 saturated carbocycles. The lowest BCUT2D eigenvalue weighted by atomic mass is 10.1. The van der Waals surface area contributed by atoms with Crippen LogP contribution in [0.5, 0.6) is 5.75 Å². The Morgan fingerprint density at radius 3 is 2.67 bits per heavy atom. The Bertz CT molecular complexity index is 1140. The van der Waals surface area contributed by atoms with Gasteiger partial charge in [-0.25, -0.2) is 9.97 Å². The number of anilines is 2. The number of alkyl halides is 2.